The lowest BCUT2D eigenvalue weighted by Gasteiger charge is -1.89. The number of aromatic nitrogens is 2. The van der Waals surface area contributed by atoms with Crippen LogP contribution in [0.5, 0.6) is 0 Å². The molecule has 0 fully saturated rings. The van der Waals surface area contributed by atoms with Gasteiger partial charge in [0.15, 0.2) is 4.96 Å². The third-order valence-corrected chi connectivity index (χ3v) is 3.27. The van der Waals surface area contributed by atoms with Crippen LogP contribution in [0.2, 0.25) is 0 Å². The molecule has 0 spiro atoms. The first-order valence-electron chi connectivity index (χ1n) is 4.24. The molecule has 0 unspecified atom stereocenters. The van der Waals surface area contributed by atoms with Crippen LogP contribution in [0, 0.1) is 13.8 Å². The summed E-state index contributed by atoms with van der Waals surface area (Å²) in [6, 6.07) is 0. The van der Waals surface area contributed by atoms with Crippen molar-refractivity contribution in [2.24, 2.45) is 0 Å². The Morgan fingerprint density at radius 2 is 2.31 bits per heavy atom. The van der Waals surface area contributed by atoms with E-state index in [2.05, 4.69) is 23.2 Å². The molecule has 2 heterocycles. The van der Waals surface area contributed by atoms with Crippen LogP contribution in [0.4, 0.5) is 0 Å². The molecule has 0 saturated heterocycles. The highest BCUT2D eigenvalue weighted by Crippen LogP contribution is 2.21. The number of rotatable bonds is 2. The Hall–Kier alpha value is -0.870. The lowest BCUT2D eigenvalue weighted by Crippen LogP contribution is -1.88. The van der Waals surface area contributed by atoms with Crippen LogP contribution in [0.3, 0.4) is 0 Å². The van der Waals surface area contributed by atoms with Gasteiger partial charge in [-0.1, -0.05) is 0 Å². The van der Waals surface area contributed by atoms with E-state index in [1.54, 1.807) is 11.3 Å². The van der Waals surface area contributed by atoms with Crippen LogP contribution in [-0.4, -0.2) is 16.0 Å². The Kier molecular flexibility index (Phi) is 2.09. The van der Waals surface area contributed by atoms with E-state index in [-0.39, 0.29) is 6.61 Å². The molecule has 0 atom stereocenters. The molecule has 3 nitrogen and oxygen atoms in total. The number of aryl methyl sites for hydroxylation is 2. The van der Waals surface area contributed by atoms with Gasteiger partial charge in [0.2, 0.25) is 0 Å². The summed E-state index contributed by atoms with van der Waals surface area (Å²) in [4.78, 5) is 6.65. The zero-order chi connectivity index (χ0) is 9.42. The number of thiazole rings is 1. The summed E-state index contributed by atoms with van der Waals surface area (Å²) in [6.45, 7) is 4.08. The van der Waals surface area contributed by atoms with Crippen molar-refractivity contribution in [1.82, 2.24) is 9.38 Å². The normalized spacial score (nSPS) is 11.3. The lowest BCUT2D eigenvalue weighted by atomic mass is 10.3. The van der Waals surface area contributed by atoms with Crippen molar-refractivity contribution in [2.75, 3.05) is 6.61 Å². The van der Waals surface area contributed by atoms with Crippen LogP contribution >= 0.6 is 11.3 Å². The summed E-state index contributed by atoms with van der Waals surface area (Å²) in [5.41, 5.74) is 2.13. The largest absolute Gasteiger partial charge is 0.294 e. The molecule has 0 N–H and O–H groups in total. The molecule has 0 aliphatic rings. The highest BCUT2D eigenvalue weighted by atomic mass is 32.1. The van der Waals surface area contributed by atoms with E-state index in [1.807, 2.05) is 6.20 Å². The summed E-state index contributed by atoms with van der Waals surface area (Å²) in [6.07, 6.45) is 2.50. The SMILES string of the molecule is Cc1sc2nc(CC[O])cn2c1C. The quantitative estimate of drug-likeness (QED) is 0.722. The van der Waals surface area contributed by atoms with Crippen LogP contribution < -0.4 is 0 Å². The second-order valence-corrected chi connectivity index (χ2v) is 4.26. The maximum absolute atomic E-state index is 10.4. The minimum absolute atomic E-state index is 0.0805. The number of imidazole rings is 1. The van der Waals surface area contributed by atoms with Crippen molar-refractivity contribution in [3.8, 4) is 0 Å². The molecule has 0 aromatic carbocycles. The van der Waals surface area contributed by atoms with Gasteiger partial charge >= 0.3 is 0 Å². The van der Waals surface area contributed by atoms with Gasteiger partial charge in [-0.25, -0.2) is 10.1 Å². The number of fused-ring (bicyclic) bond motifs is 1. The van der Waals surface area contributed by atoms with Gasteiger partial charge in [0, 0.05) is 23.2 Å². The fourth-order valence-electron chi connectivity index (χ4n) is 1.33. The van der Waals surface area contributed by atoms with Crippen LogP contribution in [0.25, 0.3) is 4.96 Å². The van der Waals surface area contributed by atoms with Gasteiger partial charge in [-0.2, -0.15) is 0 Å². The topological polar surface area (TPSA) is 37.2 Å². The Labute approximate surface area is 80.7 Å². The lowest BCUT2D eigenvalue weighted by molar-refractivity contribution is 0.196. The highest BCUT2D eigenvalue weighted by Gasteiger charge is 2.07. The minimum atomic E-state index is -0.0805. The predicted molar refractivity (Wildman–Crippen MR) is 51.8 cm³/mol. The molecule has 0 bridgehead atoms. The van der Waals surface area contributed by atoms with Crippen molar-refractivity contribution in [2.45, 2.75) is 20.3 Å². The van der Waals surface area contributed by atoms with Crippen molar-refractivity contribution >= 4 is 16.3 Å². The molecule has 1 radical (unpaired) electrons. The Morgan fingerprint density at radius 3 is 2.92 bits per heavy atom. The fraction of sp³-hybridized carbons (Fsp3) is 0.444. The van der Waals surface area contributed by atoms with Crippen LogP contribution in [-0.2, 0) is 11.5 Å². The molecule has 0 aliphatic carbocycles. The zero-order valence-corrected chi connectivity index (χ0v) is 8.52. The van der Waals surface area contributed by atoms with Gasteiger partial charge in [-0.3, -0.25) is 4.40 Å². The molecule has 13 heavy (non-hydrogen) atoms. The molecule has 0 aliphatic heterocycles. The van der Waals surface area contributed by atoms with E-state index >= 15 is 0 Å². The van der Waals surface area contributed by atoms with E-state index in [9.17, 15) is 5.11 Å². The molecule has 69 valence electrons. The van der Waals surface area contributed by atoms with Gasteiger partial charge in [-0.15, -0.1) is 11.3 Å². The molecule has 0 saturated carbocycles. The average molecular weight is 195 g/mol. The summed E-state index contributed by atoms with van der Waals surface area (Å²) in [7, 11) is 0. The van der Waals surface area contributed by atoms with Crippen molar-refractivity contribution in [3.63, 3.8) is 0 Å². The van der Waals surface area contributed by atoms with Gasteiger partial charge in [0.1, 0.15) is 0 Å². The van der Waals surface area contributed by atoms with E-state index in [0.29, 0.717) is 6.42 Å². The maximum atomic E-state index is 10.4. The van der Waals surface area contributed by atoms with Crippen LogP contribution in [0.15, 0.2) is 6.20 Å². The fourth-order valence-corrected chi connectivity index (χ4v) is 2.30. The third-order valence-electron chi connectivity index (χ3n) is 2.20. The first-order valence-corrected chi connectivity index (χ1v) is 5.06. The summed E-state index contributed by atoms with van der Waals surface area (Å²) in [5.74, 6) is 0. The standard InChI is InChI=1S/C9H11N2OS/c1-6-7(2)13-9-10-8(3-4-12)5-11(6)9/h5H,3-4H2,1-2H3. The number of hydrogen-bond acceptors (Lipinski definition) is 2. The Bertz CT molecular complexity index is 430. The molecular weight excluding hydrogens is 184 g/mol. The zero-order valence-electron chi connectivity index (χ0n) is 7.70. The van der Waals surface area contributed by atoms with Crippen molar-refractivity contribution in [1.29, 1.82) is 0 Å². The molecular formula is C9H11N2OS. The predicted octanol–water partition coefficient (Wildman–Crippen LogP) is 1.99. The van der Waals surface area contributed by atoms with E-state index in [4.69, 9.17) is 0 Å². The van der Waals surface area contributed by atoms with E-state index < -0.39 is 0 Å². The minimum Gasteiger partial charge on any atom is -0.294 e. The summed E-state index contributed by atoms with van der Waals surface area (Å²) >= 11 is 1.68. The monoisotopic (exact) mass is 195 g/mol. The maximum Gasteiger partial charge on any atom is 0.194 e. The molecule has 0 amide bonds. The van der Waals surface area contributed by atoms with E-state index in [1.165, 1.54) is 10.6 Å². The van der Waals surface area contributed by atoms with Crippen molar-refractivity contribution in [3.05, 3.63) is 22.5 Å². The second-order valence-electron chi connectivity index (χ2n) is 3.08. The first-order chi connectivity index (χ1) is 6.22. The highest BCUT2D eigenvalue weighted by molar-refractivity contribution is 7.17. The molecule has 2 aromatic heterocycles. The smallest absolute Gasteiger partial charge is 0.194 e. The van der Waals surface area contributed by atoms with E-state index in [0.717, 1.165) is 10.7 Å². The van der Waals surface area contributed by atoms with Gasteiger partial charge in [-0.05, 0) is 13.8 Å². The number of nitrogens with zero attached hydrogens (tertiary/aromatic N) is 2. The van der Waals surface area contributed by atoms with Gasteiger partial charge in [0.25, 0.3) is 0 Å². The second kappa shape index (κ2) is 3.12. The molecule has 2 aromatic rings. The average Bonchev–Trinajstić information content (AvgIpc) is 2.56. The molecule has 2 rings (SSSR count). The Balaban J connectivity index is 2.52. The third kappa shape index (κ3) is 1.36. The van der Waals surface area contributed by atoms with Crippen LogP contribution in [0.1, 0.15) is 16.3 Å². The van der Waals surface area contributed by atoms with Gasteiger partial charge in [0.05, 0.1) is 12.3 Å². The number of hydrogen-bond donors (Lipinski definition) is 0. The first kappa shape index (κ1) is 8.72. The summed E-state index contributed by atoms with van der Waals surface area (Å²) < 4.78 is 2.06. The van der Waals surface area contributed by atoms with Gasteiger partial charge < -0.3 is 0 Å². The van der Waals surface area contributed by atoms with Crippen molar-refractivity contribution < 1.29 is 5.11 Å². The Morgan fingerprint density at radius 1 is 1.54 bits per heavy atom. The molecule has 4 heteroatoms. The summed E-state index contributed by atoms with van der Waals surface area (Å²) in [5, 5.41) is 10.4.